The van der Waals surface area contributed by atoms with Crippen molar-refractivity contribution >= 4 is 45.7 Å². The summed E-state index contributed by atoms with van der Waals surface area (Å²) in [5, 5.41) is 16.3. The van der Waals surface area contributed by atoms with Crippen molar-refractivity contribution in [3.63, 3.8) is 0 Å². The maximum Gasteiger partial charge on any atom is 0.250 e. The summed E-state index contributed by atoms with van der Waals surface area (Å²) >= 11 is 1.33. The quantitative estimate of drug-likeness (QED) is 0.109. The van der Waals surface area contributed by atoms with Gasteiger partial charge in [0.25, 0.3) is 5.91 Å². The van der Waals surface area contributed by atoms with E-state index < -0.39 is 0 Å². The fourth-order valence-electron chi connectivity index (χ4n) is 5.43. The second-order valence-corrected chi connectivity index (χ2v) is 12.9. The van der Waals surface area contributed by atoms with Gasteiger partial charge in [-0.2, -0.15) is 5.10 Å². The van der Waals surface area contributed by atoms with Gasteiger partial charge in [-0.15, -0.1) is 10.2 Å². The summed E-state index contributed by atoms with van der Waals surface area (Å²) in [5.41, 5.74) is 10.4. The third kappa shape index (κ3) is 5.90. The van der Waals surface area contributed by atoms with Gasteiger partial charge in [0.05, 0.1) is 12.0 Å². The van der Waals surface area contributed by atoms with Crippen molar-refractivity contribution in [3.8, 4) is 17.1 Å². The van der Waals surface area contributed by atoms with Crippen molar-refractivity contribution in [2.45, 2.75) is 51.7 Å². The predicted molar refractivity (Wildman–Crippen MR) is 182 cm³/mol. The van der Waals surface area contributed by atoms with Crippen molar-refractivity contribution in [1.82, 2.24) is 24.8 Å². The fraction of sp³-hybridized carbons (Fsp3) is 0.222. The number of hydrazone groups is 1. The number of thioether (sulfide) groups is 1. The molecule has 0 aliphatic rings. The highest BCUT2D eigenvalue weighted by molar-refractivity contribution is 7.99. The number of nitrogens with zero attached hydrogens (tertiary/aromatic N) is 5. The number of hydrogen-bond acceptors (Lipinski definition) is 5. The summed E-state index contributed by atoms with van der Waals surface area (Å²) in [6, 6.07) is 31.4. The molecule has 1 N–H and O–H groups in total. The molecule has 0 atom stereocenters. The minimum atomic E-state index is -0.218. The monoisotopic (exact) mass is 600 g/mol. The zero-order valence-corrected chi connectivity index (χ0v) is 26.5. The van der Waals surface area contributed by atoms with Gasteiger partial charge >= 0.3 is 0 Å². The van der Waals surface area contributed by atoms with E-state index in [4.69, 9.17) is 0 Å². The van der Waals surface area contributed by atoms with E-state index in [9.17, 15) is 4.79 Å². The number of aromatic nitrogens is 4. The highest BCUT2D eigenvalue weighted by Crippen LogP contribution is 2.31. The maximum absolute atomic E-state index is 12.8. The van der Waals surface area contributed by atoms with Gasteiger partial charge in [-0.3, -0.25) is 9.36 Å². The summed E-state index contributed by atoms with van der Waals surface area (Å²) in [6.45, 7) is 11.7. The molecule has 6 aromatic rings. The average molecular weight is 601 g/mol. The molecular formula is C36H36N6OS. The van der Waals surface area contributed by atoms with Crippen molar-refractivity contribution in [2.24, 2.45) is 5.10 Å². The summed E-state index contributed by atoms with van der Waals surface area (Å²) < 4.78 is 4.32. The van der Waals surface area contributed by atoms with Crippen molar-refractivity contribution in [3.05, 3.63) is 108 Å². The number of nitrogens with one attached hydrogen (secondary N) is 1. The van der Waals surface area contributed by atoms with E-state index in [1.54, 1.807) is 6.21 Å². The van der Waals surface area contributed by atoms with Crippen LogP contribution in [0.3, 0.4) is 0 Å². The van der Waals surface area contributed by atoms with Gasteiger partial charge in [-0.1, -0.05) is 98.8 Å². The van der Waals surface area contributed by atoms with Gasteiger partial charge in [0.2, 0.25) is 0 Å². The van der Waals surface area contributed by atoms with E-state index in [0.29, 0.717) is 5.16 Å². The molecule has 0 aliphatic carbocycles. The first-order chi connectivity index (χ1) is 21.2. The number of rotatable bonds is 8. The summed E-state index contributed by atoms with van der Waals surface area (Å²) in [5.74, 6) is 0.660. The minimum absolute atomic E-state index is 0.0578. The Kier molecular flexibility index (Phi) is 8.10. The molecule has 8 heteroatoms. The first-order valence-corrected chi connectivity index (χ1v) is 15.8. The predicted octanol–water partition coefficient (Wildman–Crippen LogP) is 7.91. The number of aryl methyl sites for hydroxylation is 2. The summed E-state index contributed by atoms with van der Waals surface area (Å²) in [4.78, 5) is 12.8. The van der Waals surface area contributed by atoms with E-state index in [2.05, 4.69) is 145 Å². The minimum Gasteiger partial charge on any atom is -0.341 e. The zero-order chi connectivity index (χ0) is 30.8. The molecule has 1 amide bonds. The van der Waals surface area contributed by atoms with E-state index in [-0.39, 0.29) is 17.1 Å². The first kappa shape index (κ1) is 29.4. The molecule has 0 saturated heterocycles. The average Bonchev–Trinajstić information content (AvgIpc) is 3.59. The highest BCUT2D eigenvalue weighted by atomic mass is 32.2. The molecule has 4 aromatic carbocycles. The number of amides is 1. The first-order valence-electron chi connectivity index (χ1n) is 14.8. The molecule has 0 saturated carbocycles. The van der Waals surface area contributed by atoms with Gasteiger partial charge in [-0.05, 0) is 60.7 Å². The van der Waals surface area contributed by atoms with E-state index >= 15 is 0 Å². The lowest BCUT2D eigenvalue weighted by Crippen LogP contribution is -2.20. The number of benzene rings is 4. The van der Waals surface area contributed by atoms with Crippen LogP contribution in [0.15, 0.2) is 101 Å². The maximum atomic E-state index is 12.8. The lowest BCUT2D eigenvalue weighted by Gasteiger charge is -2.19. The zero-order valence-electron chi connectivity index (χ0n) is 25.7. The smallest absolute Gasteiger partial charge is 0.250 e. The topological polar surface area (TPSA) is 77.1 Å². The second kappa shape index (κ2) is 12.1. The summed E-state index contributed by atoms with van der Waals surface area (Å²) in [6.07, 6.45) is 1.69. The van der Waals surface area contributed by atoms with Crippen molar-refractivity contribution < 1.29 is 4.79 Å². The fourth-order valence-corrected chi connectivity index (χ4v) is 6.17. The Morgan fingerprint density at radius 3 is 2.36 bits per heavy atom. The standard InChI is InChI=1S/C36H36N6OS/c1-6-41-31-10-8-7-9-29(31)30-21-25(13-20-32(30)41)22-37-38-33(43)23-44-35-40-39-34(42(35)28-18-11-24(2)12-19-28)26-14-16-27(17-15-26)36(3,4)5/h7-22H,6,23H2,1-5H3,(H,38,43). The largest absolute Gasteiger partial charge is 0.341 e. The molecule has 44 heavy (non-hydrogen) atoms. The lowest BCUT2D eigenvalue weighted by atomic mass is 9.87. The third-order valence-corrected chi connectivity index (χ3v) is 8.71. The Bertz CT molecular complexity index is 1980. The Morgan fingerprint density at radius 2 is 1.64 bits per heavy atom. The van der Waals surface area contributed by atoms with Crippen LogP contribution in [0, 0.1) is 6.92 Å². The Morgan fingerprint density at radius 1 is 0.909 bits per heavy atom. The van der Waals surface area contributed by atoms with E-state index in [1.807, 2.05) is 10.6 Å². The van der Waals surface area contributed by atoms with Crippen LogP contribution < -0.4 is 5.43 Å². The number of para-hydroxylation sites is 1. The lowest BCUT2D eigenvalue weighted by molar-refractivity contribution is -0.118. The molecular weight excluding hydrogens is 565 g/mol. The number of hydrogen-bond donors (Lipinski definition) is 1. The van der Waals surface area contributed by atoms with Crippen LogP contribution in [0.4, 0.5) is 0 Å². The second-order valence-electron chi connectivity index (χ2n) is 11.9. The molecule has 0 aliphatic heterocycles. The molecule has 2 aromatic heterocycles. The van der Waals surface area contributed by atoms with Gasteiger partial charge in [0, 0.05) is 39.6 Å². The molecule has 0 radical (unpaired) electrons. The van der Waals surface area contributed by atoms with E-state index in [1.165, 1.54) is 44.7 Å². The molecule has 7 nitrogen and oxygen atoms in total. The van der Waals surface area contributed by atoms with Crippen LogP contribution >= 0.6 is 11.8 Å². The molecule has 0 unspecified atom stereocenters. The van der Waals surface area contributed by atoms with Crippen LogP contribution in [0.1, 0.15) is 44.4 Å². The Labute approximate surface area is 262 Å². The molecule has 0 spiro atoms. The number of carbonyl (C=O) groups is 1. The van der Waals surface area contributed by atoms with Crippen molar-refractivity contribution in [2.75, 3.05) is 5.75 Å². The van der Waals surface area contributed by atoms with Gasteiger partial charge < -0.3 is 4.57 Å². The number of carbonyl (C=O) groups excluding carboxylic acids is 1. The Balaban J connectivity index is 1.19. The number of fused-ring (bicyclic) bond motifs is 3. The van der Waals surface area contributed by atoms with E-state index in [0.717, 1.165) is 29.2 Å². The Hall–Kier alpha value is -4.69. The van der Waals surface area contributed by atoms with Crippen LogP contribution in [0.5, 0.6) is 0 Å². The molecule has 222 valence electrons. The molecule has 6 rings (SSSR count). The normalized spacial score (nSPS) is 12.0. The van der Waals surface area contributed by atoms with Gasteiger partial charge in [0.15, 0.2) is 11.0 Å². The molecule has 0 bridgehead atoms. The van der Waals surface area contributed by atoms with Crippen LogP contribution in [0.2, 0.25) is 0 Å². The SMILES string of the molecule is CCn1c2ccccc2c2cc(C=NNC(=O)CSc3nnc(-c4ccc(C(C)(C)C)cc4)n3-c3ccc(C)cc3)ccc21. The third-order valence-electron chi connectivity index (χ3n) is 7.78. The van der Waals surface area contributed by atoms with Crippen LogP contribution in [0.25, 0.3) is 38.9 Å². The van der Waals surface area contributed by atoms with Crippen molar-refractivity contribution in [1.29, 1.82) is 0 Å². The van der Waals surface area contributed by atoms with Gasteiger partial charge in [0.1, 0.15) is 0 Å². The van der Waals surface area contributed by atoms with Crippen LogP contribution in [-0.4, -0.2) is 37.2 Å². The van der Waals surface area contributed by atoms with Gasteiger partial charge in [-0.25, -0.2) is 5.43 Å². The molecule has 0 fully saturated rings. The van der Waals surface area contributed by atoms with Crippen LogP contribution in [-0.2, 0) is 16.8 Å². The molecule has 2 heterocycles. The highest BCUT2D eigenvalue weighted by Gasteiger charge is 2.19. The summed E-state index contributed by atoms with van der Waals surface area (Å²) in [7, 11) is 0.